The molecule has 0 aliphatic carbocycles. The van der Waals surface area contributed by atoms with Gasteiger partial charge in [0.25, 0.3) is 5.56 Å². The average molecular weight is 492 g/mol. The van der Waals surface area contributed by atoms with Gasteiger partial charge >= 0.3 is 5.97 Å². The van der Waals surface area contributed by atoms with Crippen molar-refractivity contribution in [1.29, 1.82) is 0 Å². The molecule has 1 aromatic carbocycles. The van der Waals surface area contributed by atoms with Gasteiger partial charge in [0.15, 0.2) is 11.5 Å². The average Bonchev–Trinajstić information content (AvgIpc) is 2.88. The van der Waals surface area contributed by atoms with Crippen LogP contribution in [0, 0.1) is 6.92 Å². The lowest BCUT2D eigenvalue weighted by Gasteiger charge is -2.29. The molecule has 3 heterocycles. The Bertz CT molecular complexity index is 1360. The zero-order valence-electron chi connectivity index (χ0n) is 20.7. The molecule has 0 radical (unpaired) electrons. The predicted molar refractivity (Wildman–Crippen MR) is 133 cm³/mol. The minimum absolute atomic E-state index is 0.0864. The Labute approximate surface area is 209 Å². The molecule has 1 aliphatic rings. The highest BCUT2D eigenvalue weighted by molar-refractivity contribution is 5.92. The van der Waals surface area contributed by atoms with Gasteiger partial charge < -0.3 is 29.2 Å². The summed E-state index contributed by atoms with van der Waals surface area (Å²) >= 11 is 0. The molecule has 9 heteroatoms. The highest BCUT2D eigenvalue weighted by Gasteiger charge is 2.38. The maximum atomic E-state index is 13.9. The fourth-order valence-electron chi connectivity index (χ4n) is 4.43. The number of fused-ring (bicyclic) bond motifs is 1. The summed E-state index contributed by atoms with van der Waals surface area (Å²) in [7, 11) is 3.17. The van der Waals surface area contributed by atoms with E-state index in [0.717, 1.165) is 5.56 Å². The van der Waals surface area contributed by atoms with Gasteiger partial charge in [0.2, 0.25) is 5.88 Å². The van der Waals surface area contributed by atoms with Gasteiger partial charge in [-0.1, -0.05) is 12.1 Å². The number of aromatic nitrogens is 2. The number of rotatable bonds is 8. The molecule has 0 bridgehead atoms. The van der Waals surface area contributed by atoms with Gasteiger partial charge in [-0.2, -0.15) is 0 Å². The summed E-state index contributed by atoms with van der Waals surface area (Å²) in [6, 6.07) is 11.0. The fraction of sp³-hybridized carbons (Fsp3) is 0.296. The van der Waals surface area contributed by atoms with Gasteiger partial charge in [-0.15, -0.1) is 0 Å². The van der Waals surface area contributed by atoms with Gasteiger partial charge in [-0.3, -0.25) is 9.78 Å². The van der Waals surface area contributed by atoms with E-state index in [-0.39, 0.29) is 23.6 Å². The third kappa shape index (κ3) is 4.64. The number of benzene rings is 1. The van der Waals surface area contributed by atoms with Gasteiger partial charge in [0.05, 0.1) is 32.3 Å². The molecule has 0 spiro atoms. The van der Waals surface area contributed by atoms with E-state index in [1.54, 1.807) is 56.3 Å². The van der Waals surface area contributed by atoms with Crippen molar-refractivity contribution < 1.29 is 23.7 Å². The highest BCUT2D eigenvalue weighted by Crippen LogP contribution is 2.41. The summed E-state index contributed by atoms with van der Waals surface area (Å²) in [6.07, 6.45) is 3.80. The van der Waals surface area contributed by atoms with E-state index in [9.17, 15) is 9.59 Å². The molecule has 9 nitrogen and oxygen atoms in total. The van der Waals surface area contributed by atoms with E-state index in [1.165, 1.54) is 0 Å². The van der Waals surface area contributed by atoms with Crippen molar-refractivity contribution in [2.75, 3.05) is 20.8 Å². The molecule has 36 heavy (non-hydrogen) atoms. The first-order valence-corrected chi connectivity index (χ1v) is 11.6. The van der Waals surface area contributed by atoms with Crippen molar-refractivity contribution >= 4 is 5.97 Å². The monoisotopic (exact) mass is 491 g/mol. The van der Waals surface area contributed by atoms with Crippen LogP contribution < -0.4 is 25.5 Å². The summed E-state index contributed by atoms with van der Waals surface area (Å²) in [5.41, 5.74) is 8.64. The lowest BCUT2D eigenvalue weighted by Crippen LogP contribution is -2.35. The topological polar surface area (TPSA) is 115 Å². The van der Waals surface area contributed by atoms with E-state index in [1.807, 2.05) is 25.1 Å². The first kappa shape index (κ1) is 24.8. The Kier molecular flexibility index (Phi) is 7.28. The van der Waals surface area contributed by atoms with Crippen LogP contribution in [-0.2, 0) is 22.5 Å². The largest absolute Gasteiger partial charge is 0.493 e. The van der Waals surface area contributed by atoms with Crippen molar-refractivity contribution in [3.63, 3.8) is 0 Å². The van der Waals surface area contributed by atoms with Crippen LogP contribution in [0.25, 0.3) is 0 Å². The van der Waals surface area contributed by atoms with Crippen LogP contribution in [0.1, 0.15) is 35.2 Å². The lowest BCUT2D eigenvalue weighted by molar-refractivity contribution is -0.139. The summed E-state index contributed by atoms with van der Waals surface area (Å²) in [6.45, 7) is 4.10. The second-order valence-electron chi connectivity index (χ2n) is 8.28. The summed E-state index contributed by atoms with van der Waals surface area (Å²) in [5.74, 6) is 0.0780. The molecule has 0 unspecified atom stereocenters. The number of esters is 1. The number of pyridine rings is 2. The standard InChI is InChI=1S/C27H29N3O6/c1-5-35-27(32)24-22(18-7-6-11-29-15-18)23-21(36-25(24)28)13-16(2)30(26(23)31)12-10-17-8-9-19(33-3)20(14-17)34-4/h6-9,11,13-15,22H,5,10,12,28H2,1-4H3/t22-/m0/s1. The quantitative estimate of drug-likeness (QED) is 0.478. The van der Waals surface area contributed by atoms with Crippen LogP contribution in [0.15, 0.2) is 65.0 Å². The Balaban J connectivity index is 1.78. The van der Waals surface area contributed by atoms with Crippen molar-refractivity contribution in [2.24, 2.45) is 5.73 Å². The maximum Gasteiger partial charge on any atom is 0.340 e. The van der Waals surface area contributed by atoms with Gasteiger partial charge in [-0.05, 0) is 49.6 Å². The van der Waals surface area contributed by atoms with E-state index >= 15 is 0 Å². The Hall–Kier alpha value is -4.27. The number of nitrogens with two attached hydrogens (primary N) is 1. The third-order valence-corrected chi connectivity index (χ3v) is 6.15. The Morgan fingerprint density at radius 1 is 1.17 bits per heavy atom. The minimum atomic E-state index is -0.776. The second kappa shape index (κ2) is 10.6. The molecular formula is C27H29N3O6. The molecule has 0 saturated heterocycles. The number of methoxy groups -OCH3 is 2. The van der Waals surface area contributed by atoms with Crippen molar-refractivity contribution in [1.82, 2.24) is 9.55 Å². The molecule has 3 aromatic rings. The molecule has 2 N–H and O–H groups in total. The van der Waals surface area contributed by atoms with E-state index < -0.39 is 11.9 Å². The zero-order valence-corrected chi connectivity index (χ0v) is 20.7. The maximum absolute atomic E-state index is 13.9. The smallest absolute Gasteiger partial charge is 0.340 e. The van der Waals surface area contributed by atoms with Crippen molar-refractivity contribution in [3.8, 4) is 17.2 Å². The van der Waals surface area contributed by atoms with E-state index in [4.69, 9.17) is 24.7 Å². The molecule has 1 aliphatic heterocycles. The minimum Gasteiger partial charge on any atom is -0.493 e. The van der Waals surface area contributed by atoms with Crippen LogP contribution in [0.4, 0.5) is 0 Å². The van der Waals surface area contributed by atoms with Gasteiger partial charge in [0, 0.05) is 30.7 Å². The van der Waals surface area contributed by atoms with E-state index in [2.05, 4.69) is 4.98 Å². The van der Waals surface area contributed by atoms with Gasteiger partial charge in [-0.25, -0.2) is 4.79 Å². The Morgan fingerprint density at radius 3 is 2.61 bits per heavy atom. The predicted octanol–water partition coefficient (Wildman–Crippen LogP) is 3.07. The molecule has 0 fully saturated rings. The van der Waals surface area contributed by atoms with Crippen LogP contribution in [0.2, 0.25) is 0 Å². The normalized spacial score (nSPS) is 14.6. The molecule has 0 saturated carbocycles. The number of aryl methyl sites for hydroxylation is 2. The molecule has 1 atom stereocenters. The molecule has 0 amide bonds. The van der Waals surface area contributed by atoms with Crippen LogP contribution in [0.5, 0.6) is 17.2 Å². The Morgan fingerprint density at radius 2 is 1.94 bits per heavy atom. The molecule has 2 aromatic heterocycles. The number of hydrogen-bond donors (Lipinski definition) is 1. The third-order valence-electron chi connectivity index (χ3n) is 6.15. The van der Waals surface area contributed by atoms with Crippen molar-refractivity contribution in [3.05, 3.63) is 93.0 Å². The van der Waals surface area contributed by atoms with Gasteiger partial charge in [0.1, 0.15) is 11.3 Å². The fourth-order valence-corrected chi connectivity index (χ4v) is 4.43. The number of nitrogens with zero attached hydrogens (tertiary/aromatic N) is 2. The molecule has 188 valence electrons. The lowest BCUT2D eigenvalue weighted by atomic mass is 9.84. The first-order chi connectivity index (χ1) is 17.4. The molecule has 4 rings (SSSR count). The number of carbonyl (C=O) groups is 1. The summed E-state index contributed by atoms with van der Waals surface area (Å²) in [5, 5.41) is 0. The van der Waals surface area contributed by atoms with Crippen LogP contribution >= 0.6 is 0 Å². The second-order valence-corrected chi connectivity index (χ2v) is 8.28. The van der Waals surface area contributed by atoms with Crippen molar-refractivity contribution in [2.45, 2.75) is 32.7 Å². The van der Waals surface area contributed by atoms with Crippen LogP contribution in [0.3, 0.4) is 0 Å². The number of hydrogen-bond acceptors (Lipinski definition) is 8. The summed E-state index contributed by atoms with van der Waals surface area (Å²) in [4.78, 5) is 31.0. The first-order valence-electron chi connectivity index (χ1n) is 11.6. The number of ether oxygens (including phenoxy) is 4. The number of carbonyl (C=O) groups excluding carboxylic acids is 1. The van der Waals surface area contributed by atoms with E-state index in [0.29, 0.717) is 47.0 Å². The molecular weight excluding hydrogens is 462 g/mol. The highest BCUT2D eigenvalue weighted by atomic mass is 16.5. The van der Waals surface area contributed by atoms with Crippen LogP contribution in [-0.4, -0.2) is 36.3 Å². The SMILES string of the molecule is CCOC(=O)C1=C(N)Oc2cc(C)n(CCc3ccc(OC)c(OC)c3)c(=O)c2[C@@H]1c1cccnc1. The zero-order chi connectivity index (χ0) is 25.8. The summed E-state index contributed by atoms with van der Waals surface area (Å²) < 4.78 is 23.4.